The molecule has 12 heteroatoms. The molecule has 0 saturated carbocycles. The highest BCUT2D eigenvalue weighted by atomic mass is 35.5. The monoisotopic (exact) mass is 477 g/mol. The van der Waals surface area contributed by atoms with E-state index in [1.165, 1.54) is 19.1 Å². The molecule has 6 nitrogen and oxygen atoms in total. The lowest BCUT2D eigenvalue weighted by atomic mass is 10.2. The van der Waals surface area contributed by atoms with Crippen LogP contribution in [0.1, 0.15) is 29.1 Å². The molecule has 0 bridgehead atoms. The van der Waals surface area contributed by atoms with Crippen LogP contribution >= 0.6 is 23.2 Å². The van der Waals surface area contributed by atoms with E-state index in [1.54, 1.807) is 23.7 Å². The number of rotatable bonds is 6. The molecule has 1 amide bonds. The van der Waals surface area contributed by atoms with Crippen molar-refractivity contribution in [1.29, 1.82) is 0 Å². The molecule has 0 atom stereocenters. The van der Waals surface area contributed by atoms with Crippen molar-refractivity contribution < 1.29 is 22.4 Å². The Morgan fingerprint density at radius 1 is 1.13 bits per heavy atom. The topological polar surface area (TPSA) is 64.7 Å². The summed E-state index contributed by atoms with van der Waals surface area (Å²) in [7, 11) is 0. The molecule has 3 rings (SSSR count). The van der Waals surface area contributed by atoms with Gasteiger partial charge in [-0.05, 0) is 31.5 Å². The number of hydrogen-bond donors (Lipinski definition) is 1. The first-order chi connectivity index (χ1) is 14.5. The Labute approximate surface area is 184 Å². The molecular formula is C19H17Cl2F4N5O. The van der Waals surface area contributed by atoms with Crippen LogP contribution < -0.4 is 5.32 Å². The van der Waals surface area contributed by atoms with E-state index in [0.717, 1.165) is 10.4 Å². The Bertz CT molecular complexity index is 1120. The predicted molar refractivity (Wildman–Crippen MR) is 108 cm³/mol. The van der Waals surface area contributed by atoms with E-state index in [0.29, 0.717) is 5.56 Å². The summed E-state index contributed by atoms with van der Waals surface area (Å²) in [5, 5.41) is 10.1. The van der Waals surface area contributed by atoms with Gasteiger partial charge in [-0.15, -0.1) is 0 Å². The van der Waals surface area contributed by atoms with Crippen LogP contribution in [0.3, 0.4) is 0 Å². The summed E-state index contributed by atoms with van der Waals surface area (Å²) in [5.74, 6) is -0.633. The Morgan fingerprint density at radius 3 is 2.45 bits per heavy atom. The largest absolute Gasteiger partial charge is 0.436 e. The average molecular weight is 478 g/mol. The molecule has 0 unspecified atom stereocenters. The van der Waals surface area contributed by atoms with E-state index in [1.807, 2.05) is 0 Å². The van der Waals surface area contributed by atoms with Gasteiger partial charge in [0.15, 0.2) is 11.5 Å². The summed E-state index contributed by atoms with van der Waals surface area (Å²) in [6, 6.07) is 5.67. The summed E-state index contributed by atoms with van der Waals surface area (Å²) in [4.78, 5) is 12.2. The van der Waals surface area contributed by atoms with Gasteiger partial charge in [0, 0.05) is 23.2 Å². The van der Waals surface area contributed by atoms with Gasteiger partial charge < -0.3 is 5.32 Å². The van der Waals surface area contributed by atoms with Crippen molar-refractivity contribution in [1.82, 2.24) is 19.6 Å². The van der Waals surface area contributed by atoms with Crippen molar-refractivity contribution in [2.45, 2.75) is 39.5 Å². The fourth-order valence-electron chi connectivity index (χ4n) is 2.88. The van der Waals surface area contributed by atoms with Gasteiger partial charge in [-0.25, -0.2) is 4.39 Å². The van der Waals surface area contributed by atoms with Crippen LogP contribution in [0.5, 0.6) is 0 Å². The molecule has 2 heterocycles. The highest BCUT2D eigenvalue weighted by Crippen LogP contribution is 2.35. The standard InChI is InChI=1S/C19H17Cl2F4N5O/c1-10-7-15(27-30(10)9-12-3-4-13(22)8-14(12)20)26-16(31)5-6-29-11(2)17(21)18(28-29)19(23,24)25/h3-4,7-8H,5-6,9H2,1-2H3,(H,26,27,31). The number of amides is 1. The van der Waals surface area contributed by atoms with Crippen LogP contribution in [0.2, 0.25) is 10.0 Å². The summed E-state index contributed by atoms with van der Waals surface area (Å²) in [5.41, 5.74) is 0.317. The number of alkyl halides is 3. The van der Waals surface area contributed by atoms with Crippen molar-refractivity contribution in [3.05, 3.63) is 62.8 Å². The normalized spacial score (nSPS) is 11.7. The first-order valence-corrected chi connectivity index (χ1v) is 9.79. The zero-order valence-electron chi connectivity index (χ0n) is 16.4. The van der Waals surface area contributed by atoms with Crippen molar-refractivity contribution in [3.8, 4) is 0 Å². The third-order valence-corrected chi connectivity index (χ3v) is 5.34. The number of nitrogens with one attached hydrogen (secondary N) is 1. The molecule has 0 radical (unpaired) electrons. The third-order valence-electron chi connectivity index (χ3n) is 4.54. The van der Waals surface area contributed by atoms with Gasteiger partial charge in [-0.3, -0.25) is 14.2 Å². The average Bonchev–Trinajstić information content (AvgIpc) is 3.15. The van der Waals surface area contributed by atoms with E-state index in [9.17, 15) is 22.4 Å². The number of carbonyl (C=O) groups is 1. The van der Waals surface area contributed by atoms with Crippen LogP contribution in [0.15, 0.2) is 24.3 Å². The quantitative estimate of drug-likeness (QED) is 0.493. The van der Waals surface area contributed by atoms with E-state index >= 15 is 0 Å². The first-order valence-electron chi connectivity index (χ1n) is 9.04. The summed E-state index contributed by atoms with van der Waals surface area (Å²) >= 11 is 11.7. The van der Waals surface area contributed by atoms with E-state index in [4.69, 9.17) is 23.2 Å². The molecule has 0 fully saturated rings. The van der Waals surface area contributed by atoms with Crippen LogP contribution in [0, 0.1) is 19.7 Å². The van der Waals surface area contributed by atoms with Crippen LogP contribution in [-0.4, -0.2) is 25.5 Å². The maximum absolute atomic E-state index is 13.2. The Hall–Kier alpha value is -2.59. The Kier molecular flexibility index (Phi) is 6.61. The van der Waals surface area contributed by atoms with Gasteiger partial charge in [0.1, 0.15) is 5.82 Å². The molecule has 0 aliphatic carbocycles. The Morgan fingerprint density at radius 2 is 1.84 bits per heavy atom. The van der Waals surface area contributed by atoms with Crippen molar-refractivity contribution in [2.24, 2.45) is 0 Å². The van der Waals surface area contributed by atoms with Crippen LogP contribution in [-0.2, 0) is 24.1 Å². The molecular weight excluding hydrogens is 461 g/mol. The molecule has 1 aromatic carbocycles. The zero-order valence-corrected chi connectivity index (χ0v) is 17.9. The number of anilines is 1. The Balaban J connectivity index is 1.63. The fraction of sp³-hybridized carbons (Fsp3) is 0.316. The smallest absolute Gasteiger partial charge is 0.309 e. The number of aryl methyl sites for hydroxylation is 2. The highest BCUT2D eigenvalue weighted by molar-refractivity contribution is 6.32. The second-order valence-corrected chi connectivity index (χ2v) is 7.62. The van der Waals surface area contributed by atoms with Gasteiger partial charge in [0.2, 0.25) is 5.91 Å². The van der Waals surface area contributed by atoms with Gasteiger partial charge >= 0.3 is 6.18 Å². The number of nitrogens with zero attached hydrogens (tertiary/aromatic N) is 4. The number of carbonyl (C=O) groups excluding carboxylic acids is 1. The molecule has 0 aliphatic heterocycles. The molecule has 0 aliphatic rings. The third kappa shape index (κ3) is 5.37. The number of halogens is 6. The second kappa shape index (κ2) is 8.88. The molecule has 3 aromatic rings. The molecule has 31 heavy (non-hydrogen) atoms. The molecule has 1 N–H and O–H groups in total. The summed E-state index contributed by atoms with van der Waals surface area (Å²) < 4.78 is 54.5. The van der Waals surface area contributed by atoms with Crippen LogP contribution in [0.25, 0.3) is 0 Å². The minimum absolute atomic E-state index is 0.0850. The minimum Gasteiger partial charge on any atom is -0.309 e. The fourth-order valence-corrected chi connectivity index (χ4v) is 3.35. The predicted octanol–water partition coefficient (Wildman–Crippen LogP) is 5.24. The van der Waals surface area contributed by atoms with Crippen LogP contribution in [0.4, 0.5) is 23.4 Å². The number of hydrogen-bond acceptors (Lipinski definition) is 3. The first kappa shape index (κ1) is 23.1. The zero-order chi connectivity index (χ0) is 22.9. The van der Waals surface area contributed by atoms with Gasteiger partial charge in [-0.2, -0.15) is 23.4 Å². The minimum atomic E-state index is -4.67. The SMILES string of the molecule is Cc1cc(NC(=O)CCn2nc(C(F)(F)F)c(Cl)c2C)nn1Cc1ccc(F)cc1Cl. The van der Waals surface area contributed by atoms with Crippen molar-refractivity contribution >= 4 is 34.9 Å². The molecule has 166 valence electrons. The maximum atomic E-state index is 13.2. The maximum Gasteiger partial charge on any atom is 0.436 e. The second-order valence-electron chi connectivity index (χ2n) is 6.83. The highest BCUT2D eigenvalue weighted by Gasteiger charge is 2.38. The molecule has 0 saturated heterocycles. The number of aromatic nitrogens is 4. The van der Waals surface area contributed by atoms with E-state index in [-0.39, 0.29) is 36.0 Å². The molecule has 2 aromatic heterocycles. The number of benzene rings is 1. The van der Waals surface area contributed by atoms with Crippen molar-refractivity contribution in [3.63, 3.8) is 0 Å². The molecule has 0 spiro atoms. The lowest BCUT2D eigenvalue weighted by molar-refractivity contribution is -0.141. The van der Waals surface area contributed by atoms with E-state index in [2.05, 4.69) is 15.5 Å². The lowest BCUT2D eigenvalue weighted by Gasteiger charge is -2.07. The van der Waals surface area contributed by atoms with Gasteiger partial charge in [-0.1, -0.05) is 29.3 Å². The summed E-state index contributed by atoms with van der Waals surface area (Å²) in [6.45, 7) is 3.35. The van der Waals surface area contributed by atoms with E-state index < -0.39 is 28.6 Å². The van der Waals surface area contributed by atoms with Gasteiger partial charge in [0.05, 0.1) is 23.8 Å². The lowest BCUT2D eigenvalue weighted by Crippen LogP contribution is -2.16. The van der Waals surface area contributed by atoms with Crippen molar-refractivity contribution in [2.75, 3.05) is 5.32 Å². The van der Waals surface area contributed by atoms with Gasteiger partial charge in [0.25, 0.3) is 0 Å². The summed E-state index contributed by atoms with van der Waals surface area (Å²) in [6.07, 6.45) is -4.81.